The third-order valence-electron chi connectivity index (χ3n) is 3.50. The molecule has 1 aromatic heterocycles. The molecular formula is C16H18N4O2. The minimum absolute atomic E-state index is 0.136. The average Bonchev–Trinajstić information content (AvgIpc) is 3.23. The highest BCUT2D eigenvalue weighted by Crippen LogP contribution is 2.19. The van der Waals surface area contributed by atoms with E-state index in [9.17, 15) is 9.59 Å². The lowest BCUT2D eigenvalue weighted by Gasteiger charge is -2.04. The van der Waals surface area contributed by atoms with E-state index in [2.05, 4.69) is 15.7 Å². The van der Waals surface area contributed by atoms with E-state index in [-0.39, 0.29) is 24.3 Å². The van der Waals surface area contributed by atoms with Gasteiger partial charge in [-0.25, -0.2) is 0 Å². The van der Waals surface area contributed by atoms with Crippen LogP contribution < -0.4 is 10.6 Å². The van der Waals surface area contributed by atoms with Gasteiger partial charge in [0.25, 0.3) is 5.91 Å². The molecule has 1 aromatic carbocycles. The largest absolute Gasteiger partial charge is 0.348 e. The van der Waals surface area contributed by atoms with E-state index in [1.54, 1.807) is 13.1 Å². The molecule has 0 saturated heterocycles. The molecule has 2 amide bonds. The van der Waals surface area contributed by atoms with Gasteiger partial charge in [-0.15, -0.1) is 0 Å². The van der Waals surface area contributed by atoms with Crippen molar-refractivity contribution in [2.45, 2.75) is 25.3 Å². The highest BCUT2D eigenvalue weighted by atomic mass is 16.2. The minimum atomic E-state index is -0.193. The van der Waals surface area contributed by atoms with Crippen LogP contribution in [0.15, 0.2) is 36.4 Å². The molecule has 0 radical (unpaired) electrons. The predicted molar refractivity (Wildman–Crippen MR) is 82.5 cm³/mol. The van der Waals surface area contributed by atoms with Gasteiger partial charge in [-0.2, -0.15) is 5.10 Å². The number of carbonyl (C=O) groups excluding carboxylic acids is 2. The summed E-state index contributed by atoms with van der Waals surface area (Å²) in [7, 11) is 1.70. The fourth-order valence-electron chi connectivity index (χ4n) is 2.15. The van der Waals surface area contributed by atoms with E-state index in [0.29, 0.717) is 11.5 Å². The number of aryl methyl sites for hydroxylation is 1. The molecule has 1 heterocycles. The molecule has 1 fully saturated rings. The highest BCUT2D eigenvalue weighted by molar-refractivity contribution is 5.96. The standard InChI is InChI=1S/C16H18N4O2/c1-20-14(10-13(19-20)16(22)17-12-7-8-12)18-15(21)9-11-5-3-2-4-6-11/h2-6,10,12H,7-9H2,1H3,(H,17,22)(H,18,21). The second-order valence-electron chi connectivity index (χ2n) is 5.50. The van der Waals surface area contributed by atoms with Crippen LogP contribution in [0.2, 0.25) is 0 Å². The second-order valence-corrected chi connectivity index (χ2v) is 5.50. The Morgan fingerprint density at radius 3 is 2.68 bits per heavy atom. The number of carbonyl (C=O) groups is 2. The summed E-state index contributed by atoms with van der Waals surface area (Å²) >= 11 is 0. The van der Waals surface area contributed by atoms with Crippen LogP contribution in [0, 0.1) is 0 Å². The summed E-state index contributed by atoms with van der Waals surface area (Å²) in [5.74, 6) is 0.187. The van der Waals surface area contributed by atoms with Crippen LogP contribution in [0.5, 0.6) is 0 Å². The minimum Gasteiger partial charge on any atom is -0.348 e. The number of nitrogens with one attached hydrogen (secondary N) is 2. The van der Waals surface area contributed by atoms with Gasteiger partial charge in [-0.05, 0) is 18.4 Å². The molecule has 0 atom stereocenters. The first kappa shape index (κ1) is 14.3. The van der Waals surface area contributed by atoms with Crippen molar-refractivity contribution in [3.63, 3.8) is 0 Å². The molecule has 114 valence electrons. The lowest BCUT2D eigenvalue weighted by molar-refractivity contribution is -0.115. The smallest absolute Gasteiger partial charge is 0.272 e. The quantitative estimate of drug-likeness (QED) is 0.878. The van der Waals surface area contributed by atoms with Gasteiger partial charge >= 0.3 is 0 Å². The van der Waals surface area contributed by atoms with Crippen molar-refractivity contribution in [3.8, 4) is 0 Å². The SMILES string of the molecule is Cn1nc(C(=O)NC2CC2)cc1NC(=O)Cc1ccccc1. The van der Waals surface area contributed by atoms with Gasteiger partial charge < -0.3 is 10.6 Å². The zero-order chi connectivity index (χ0) is 15.5. The summed E-state index contributed by atoms with van der Waals surface area (Å²) in [6.07, 6.45) is 2.34. The third kappa shape index (κ3) is 3.52. The van der Waals surface area contributed by atoms with Crippen LogP contribution in [0.25, 0.3) is 0 Å². The zero-order valence-corrected chi connectivity index (χ0v) is 12.4. The Morgan fingerprint density at radius 1 is 1.27 bits per heavy atom. The van der Waals surface area contributed by atoms with Crippen molar-refractivity contribution in [2.75, 3.05) is 5.32 Å². The van der Waals surface area contributed by atoms with Crippen molar-refractivity contribution in [1.82, 2.24) is 15.1 Å². The maximum atomic E-state index is 12.0. The highest BCUT2D eigenvalue weighted by Gasteiger charge is 2.25. The molecule has 1 aliphatic carbocycles. The molecule has 0 unspecified atom stereocenters. The molecular weight excluding hydrogens is 280 g/mol. The summed E-state index contributed by atoms with van der Waals surface area (Å²) in [4.78, 5) is 24.0. The maximum absolute atomic E-state index is 12.0. The lowest BCUT2D eigenvalue weighted by atomic mass is 10.1. The summed E-state index contributed by atoms with van der Waals surface area (Å²) in [6.45, 7) is 0. The molecule has 22 heavy (non-hydrogen) atoms. The van der Waals surface area contributed by atoms with Crippen LogP contribution in [0.1, 0.15) is 28.9 Å². The molecule has 3 rings (SSSR count). The van der Waals surface area contributed by atoms with E-state index in [4.69, 9.17) is 0 Å². The number of hydrogen-bond donors (Lipinski definition) is 2. The van der Waals surface area contributed by atoms with E-state index in [0.717, 1.165) is 18.4 Å². The number of benzene rings is 1. The maximum Gasteiger partial charge on any atom is 0.272 e. The molecule has 1 saturated carbocycles. The first-order chi connectivity index (χ1) is 10.6. The molecule has 0 aliphatic heterocycles. The molecule has 2 aromatic rings. The number of anilines is 1. The number of amides is 2. The van der Waals surface area contributed by atoms with E-state index >= 15 is 0 Å². The first-order valence-corrected chi connectivity index (χ1v) is 7.30. The number of rotatable bonds is 5. The van der Waals surface area contributed by atoms with Crippen molar-refractivity contribution >= 4 is 17.6 Å². The van der Waals surface area contributed by atoms with Crippen molar-refractivity contribution < 1.29 is 9.59 Å². The Kier molecular flexibility index (Phi) is 3.91. The van der Waals surface area contributed by atoms with Crippen molar-refractivity contribution in [3.05, 3.63) is 47.7 Å². The molecule has 0 spiro atoms. The van der Waals surface area contributed by atoms with Gasteiger partial charge in [0.2, 0.25) is 5.91 Å². The van der Waals surface area contributed by atoms with Gasteiger partial charge in [-0.3, -0.25) is 14.3 Å². The molecule has 6 nitrogen and oxygen atoms in total. The topological polar surface area (TPSA) is 76.0 Å². The van der Waals surface area contributed by atoms with Gasteiger partial charge in [0, 0.05) is 19.2 Å². The third-order valence-corrected chi connectivity index (χ3v) is 3.50. The summed E-state index contributed by atoms with van der Waals surface area (Å²) < 4.78 is 1.50. The van der Waals surface area contributed by atoms with Crippen LogP contribution in [-0.4, -0.2) is 27.6 Å². The number of nitrogens with zero attached hydrogens (tertiary/aromatic N) is 2. The summed E-state index contributed by atoms with van der Waals surface area (Å²) in [6, 6.07) is 11.4. The number of aromatic nitrogens is 2. The average molecular weight is 298 g/mol. The number of hydrogen-bond acceptors (Lipinski definition) is 3. The second kappa shape index (κ2) is 6.01. The fourth-order valence-corrected chi connectivity index (χ4v) is 2.15. The first-order valence-electron chi connectivity index (χ1n) is 7.30. The van der Waals surface area contributed by atoms with E-state index in [1.165, 1.54) is 4.68 Å². The van der Waals surface area contributed by atoms with Crippen LogP contribution in [0.3, 0.4) is 0 Å². The van der Waals surface area contributed by atoms with Crippen molar-refractivity contribution in [2.24, 2.45) is 7.05 Å². The Morgan fingerprint density at radius 2 is 2.00 bits per heavy atom. The van der Waals surface area contributed by atoms with E-state index in [1.807, 2.05) is 30.3 Å². The van der Waals surface area contributed by atoms with E-state index < -0.39 is 0 Å². The Balaban J connectivity index is 1.63. The zero-order valence-electron chi connectivity index (χ0n) is 12.4. The molecule has 0 bridgehead atoms. The van der Waals surface area contributed by atoms with Crippen LogP contribution >= 0.6 is 0 Å². The normalized spacial score (nSPS) is 13.7. The molecule has 2 N–H and O–H groups in total. The molecule has 6 heteroatoms. The predicted octanol–water partition coefficient (Wildman–Crippen LogP) is 1.49. The Bertz CT molecular complexity index is 689. The van der Waals surface area contributed by atoms with Crippen molar-refractivity contribution in [1.29, 1.82) is 0 Å². The van der Waals surface area contributed by atoms with Gasteiger partial charge in [0.1, 0.15) is 5.82 Å². The van der Waals surface area contributed by atoms with Gasteiger partial charge in [0.15, 0.2) is 5.69 Å². The van der Waals surface area contributed by atoms with Crippen LogP contribution in [0.4, 0.5) is 5.82 Å². The lowest BCUT2D eigenvalue weighted by Crippen LogP contribution is -2.25. The monoisotopic (exact) mass is 298 g/mol. The van der Waals surface area contributed by atoms with Gasteiger partial charge in [-0.1, -0.05) is 30.3 Å². The fraction of sp³-hybridized carbons (Fsp3) is 0.312. The summed E-state index contributed by atoms with van der Waals surface area (Å²) in [5, 5.41) is 9.80. The molecule has 1 aliphatic rings. The Hall–Kier alpha value is -2.63. The van der Waals surface area contributed by atoms with Crippen LogP contribution in [-0.2, 0) is 18.3 Å². The van der Waals surface area contributed by atoms with Gasteiger partial charge in [0.05, 0.1) is 6.42 Å². The Labute approximate surface area is 128 Å². The summed E-state index contributed by atoms with van der Waals surface area (Å²) in [5.41, 5.74) is 1.26.